The summed E-state index contributed by atoms with van der Waals surface area (Å²) in [5.41, 5.74) is 3.99. The van der Waals surface area contributed by atoms with Crippen LogP contribution in [0.1, 0.15) is 43.4 Å². The minimum atomic E-state index is 0.151. The van der Waals surface area contributed by atoms with Gasteiger partial charge in [0.15, 0.2) is 0 Å². The zero-order chi connectivity index (χ0) is 19.3. The summed E-state index contributed by atoms with van der Waals surface area (Å²) in [6, 6.07) is 24.6. The third-order valence-corrected chi connectivity index (χ3v) is 5.45. The number of aryl methyl sites for hydroxylation is 2. The molecule has 0 amide bonds. The van der Waals surface area contributed by atoms with Crippen LogP contribution >= 0.6 is 11.6 Å². The van der Waals surface area contributed by atoms with Gasteiger partial charge in [0.25, 0.3) is 0 Å². The Bertz CT molecular complexity index is 867. The fourth-order valence-corrected chi connectivity index (χ4v) is 3.51. The summed E-state index contributed by atoms with van der Waals surface area (Å²) >= 11 is 6.43. The molecule has 3 aromatic carbocycles. The highest BCUT2D eigenvalue weighted by atomic mass is 35.5. The Labute approximate surface area is 168 Å². The van der Waals surface area contributed by atoms with Crippen LogP contribution in [0.15, 0.2) is 72.8 Å². The lowest BCUT2D eigenvalue weighted by molar-refractivity contribution is 0.460. The van der Waals surface area contributed by atoms with Crippen LogP contribution in [0.25, 0.3) is 0 Å². The number of rotatable bonds is 7. The van der Waals surface area contributed by atoms with Crippen LogP contribution in [-0.2, 0) is 11.8 Å². The van der Waals surface area contributed by atoms with E-state index in [0.717, 1.165) is 41.3 Å². The molecule has 27 heavy (non-hydrogen) atoms. The number of hydrogen-bond donors (Lipinski definition) is 0. The van der Waals surface area contributed by atoms with E-state index >= 15 is 0 Å². The van der Waals surface area contributed by atoms with Crippen molar-refractivity contribution >= 4 is 11.6 Å². The normalized spacial score (nSPS) is 11.4. The highest BCUT2D eigenvalue weighted by molar-refractivity contribution is 6.31. The number of ether oxygens (including phenoxy) is 1. The second kappa shape index (κ2) is 8.63. The number of halogens is 1. The van der Waals surface area contributed by atoms with Crippen molar-refractivity contribution in [3.63, 3.8) is 0 Å². The molecule has 0 aromatic heterocycles. The van der Waals surface area contributed by atoms with E-state index in [9.17, 15) is 0 Å². The van der Waals surface area contributed by atoms with Crippen LogP contribution in [0.2, 0.25) is 5.02 Å². The average molecular weight is 379 g/mol. The molecule has 0 saturated carbocycles. The first kappa shape index (κ1) is 19.5. The molecule has 0 radical (unpaired) electrons. The fraction of sp³-hybridized carbons (Fsp3) is 0.280. The summed E-state index contributed by atoms with van der Waals surface area (Å²) in [7, 11) is 0. The molecule has 0 heterocycles. The second-order valence-electron chi connectivity index (χ2n) is 7.77. The van der Waals surface area contributed by atoms with E-state index in [4.69, 9.17) is 16.3 Å². The molecule has 0 aliphatic carbocycles. The van der Waals surface area contributed by atoms with Crippen LogP contribution in [-0.4, -0.2) is 0 Å². The van der Waals surface area contributed by atoms with Gasteiger partial charge < -0.3 is 4.74 Å². The van der Waals surface area contributed by atoms with Crippen molar-refractivity contribution in [3.8, 4) is 11.5 Å². The maximum absolute atomic E-state index is 6.43. The molecule has 1 nitrogen and oxygen atoms in total. The number of hydrogen-bond acceptors (Lipinski definition) is 1. The Kier molecular flexibility index (Phi) is 6.23. The average Bonchev–Trinajstić information content (AvgIpc) is 2.65. The largest absolute Gasteiger partial charge is 0.457 e. The molecule has 3 aromatic rings. The molecule has 0 bridgehead atoms. The zero-order valence-electron chi connectivity index (χ0n) is 16.3. The molecule has 140 valence electrons. The van der Waals surface area contributed by atoms with E-state index in [1.807, 2.05) is 42.5 Å². The maximum Gasteiger partial charge on any atom is 0.127 e. The van der Waals surface area contributed by atoms with Crippen molar-refractivity contribution in [2.75, 3.05) is 0 Å². The summed E-state index contributed by atoms with van der Waals surface area (Å²) in [5, 5.41) is 0.809. The SMILES string of the molecule is Cc1ccc(C(C)(C)CCCc2cc(Oc3ccccc3)ccc2Cl)cc1. The fourth-order valence-electron chi connectivity index (χ4n) is 3.30. The second-order valence-corrected chi connectivity index (χ2v) is 8.18. The summed E-state index contributed by atoms with van der Waals surface area (Å²) < 4.78 is 5.94. The van der Waals surface area contributed by atoms with E-state index in [1.54, 1.807) is 0 Å². The summed E-state index contributed by atoms with van der Waals surface area (Å²) in [6.45, 7) is 6.76. The zero-order valence-corrected chi connectivity index (χ0v) is 17.1. The van der Waals surface area contributed by atoms with E-state index in [1.165, 1.54) is 11.1 Å². The highest BCUT2D eigenvalue weighted by Crippen LogP contribution is 2.31. The molecule has 3 rings (SSSR count). The molecule has 0 fully saturated rings. The molecular weight excluding hydrogens is 352 g/mol. The Hall–Kier alpha value is -2.25. The van der Waals surface area contributed by atoms with Gasteiger partial charge in [-0.15, -0.1) is 0 Å². The molecule has 0 aliphatic rings. The highest BCUT2D eigenvalue weighted by Gasteiger charge is 2.20. The number of benzene rings is 3. The van der Waals surface area contributed by atoms with Crippen molar-refractivity contribution in [1.82, 2.24) is 0 Å². The predicted molar refractivity (Wildman–Crippen MR) is 115 cm³/mol. The van der Waals surface area contributed by atoms with E-state index < -0.39 is 0 Å². The van der Waals surface area contributed by atoms with Crippen LogP contribution in [0.4, 0.5) is 0 Å². The lowest BCUT2D eigenvalue weighted by Crippen LogP contribution is -2.17. The van der Waals surface area contributed by atoms with Crippen molar-refractivity contribution in [2.24, 2.45) is 0 Å². The minimum absolute atomic E-state index is 0.151. The number of para-hydroxylation sites is 1. The first-order valence-corrected chi connectivity index (χ1v) is 9.90. The Balaban J connectivity index is 1.63. The molecule has 0 spiro atoms. The van der Waals surface area contributed by atoms with Gasteiger partial charge in [0, 0.05) is 5.02 Å². The van der Waals surface area contributed by atoms with Gasteiger partial charge in [0.1, 0.15) is 11.5 Å². The Morgan fingerprint density at radius 2 is 1.56 bits per heavy atom. The smallest absolute Gasteiger partial charge is 0.127 e. The third kappa shape index (κ3) is 5.37. The van der Waals surface area contributed by atoms with Gasteiger partial charge in [-0.2, -0.15) is 0 Å². The monoisotopic (exact) mass is 378 g/mol. The van der Waals surface area contributed by atoms with Gasteiger partial charge >= 0.3 is 0 Å². The van der Waals surface area contributed by atoms with Gasteiger partial charge in [-0.1, -0.05) is 73.5 Å². The molecule has 0 aliphatic heterocycles. The van der Waals surface area contributed by atoms with E-state index in [-0.39, 0.29) is 5.41 Å². The Morgan fingerprint density at radius 1 is 0.852 bits per heavy atom. The van der Waals surface area contributed by atoms with Crippen molar-refractivity contribution in [2.45, 2.75) is 45.4 Å². The first-order chi connectivity index (χ1) is 12.9. The van der Waals surface area contributed by atoms with Crippen LogP contribution in [0.5, 0.6) is 11.5 Å². The molecule has 2 heteroatoms. The molecule has 0 N–H and O–H groups in total. The molecule has 0 saturated heterocycles. The van der Waals surface area contributed by atoms with Crippen molar-refractivity contribution in [3.05, 3.63) is 94.5 Å². The molecular formula is C25H27ClO. The minimum Gasteiger partial charge on any atom is -0.457 e. The standard InChI is InChI=1S/C25H27ClO/c1-19-11-13-21(14-12-19)25(2,3)17-7-8-20-18-23(15-16-24(20)26)27-22-9-5-4-6-10-22/h4-6,9-16,18H,7-8,17H2,1-3H3. The van der Waals surface area contributed by atoms with E-state index in [0.29, 0.717) is 0 Å². The third-order valence-electron chi connectivity index (χ3n) is 5.08. The van der Waals surface area contributed by atoms with Crippen molar-refractivity contribution in [1.29, 1.82) is 0 Å². The van der Waals surface area contributed by atoms with E-state index in [2.05, 4.69) is 51.1 Å². The quantitative estimate of drug-likeness (QED) is 0.408. The van der Waals surface area contributed by atoms with Crippen LogP contribution in [0, 0.1) is 6.92 Å². The lowest BCUT2D eigenvalue weighted by atomic mass is 9.79. The van der Waals surface area contributed by atoms with Crippen LogP contribution in [0.3, 0.4) is 0 Å². The first-order valence-electron chi connectivity index (χ1n) is 9.52. The van der Waals surface area contributed by atoms with Crippen LogP contribution < -0.4 is 4.74 Å². The Morgan fingerprint density at radius 3 is 2.26 bits per heavy atom. The maximum atomic E-state index is 6.43. The topological polar surface area (TPSA) is 9.23 Å². The van der Waals surface area contributed by atoms with Gasteiger partial charge in [0.2, 0.25) is 0 Å². The summed E-state index contributed by atoms with van der Waals surface area (Å²) in [6.07, 6.45) is 3.13. The molecule has 0 unspecified atom stereocenters. The van der Waals surface area contributed by atoms with Gasteiger partial charge in [-0.25, -0.2) is 0 Å². The van der Waals surface area contributed by atoms with Crippen molar-refractivity contribution < 1.29 is 4.74 Å². The summed E-state index contributed by atoms with van der Waals surface area (Å²) in [4.78, 5) is 0. The van der Waals surface area contributed by atoms with Gasteiger partial charge in [-0.05, 0) is 73.1 Å². The van der Waals surface area contributed by atoms with Gasteiger partial charge in [-0.3, -0.25) is 0 Å². The summed E-state index contributed by atoms with van der Waals surface area (Å²) in [5.74, 6) is 1.67. The molecule has 0 atom stereocenters. The lowest BCUT2D eigenvalue weighted by Gasteiger charge is -2.25. The van der Waals surface area contributed by atoms with Gasteiger partial charge in [0.05, 0.1) is 0 Å². The predicted octanol–water partition coefficient (Wildman–Crippen LogP) is 7.74.